The van der Waals surface area contributed by atoms with Gasteiger partial charge < -0.3 is 15.7 Å². The number of amides is 1. The summed E-state index contributed by atoms with van der Waals surface area (Å²) in [4.78, 5) is 12.1. The molecule has 4 nitrogen and oxygen atoms in total. The first kappa shape index (κ1) is 12.5. The van der Waals surface area contributed by atoms with Crippen molar-refractivity contribution in [3.8, 4) is 0 Å². The van der Waals surface area contributed by atoms with Gasteiger partial charge in [-0.3, -0.25) is 4.79 Å². The second kappa shape index (κ2) is 5.16. The summed E-state index contributed by atoms with van der Waals surface area (Å²) >= 11 is 1.62. The Labute approximate surface area is 105 Å². The minimum Gasteiger partial charge on any atom is -0.394 e. The molecular formula is C12H18N2O2S. The molecule has 94 valence electrons. The van der Waals surface area contributed by atoms with E-state index >= 15 is 0 Å². The van der Waals surface area contributed by atoms with Crippen LogP contribution in [-0.2, 0) is 11.3 Å². The molecule has 1 heterocycles. The number of carbonyl (C=O) groups is 1. The summed E-state index contributed by atoms with van der Waals surface area (Å²) in [5, 5.41) is 17.5. The van der Waals surface area contributed by atoms with Crippen molar-refractivity contribution in [1.29, 1.82) is 0 Å². The highest BCUT2D eigenvalue weighted by Crippen LogP contribution is 2.32. The molecule has 1 amide bonds. The Morgan fingerprint density at radius 2 is 2.35 bits per heavy atom. The van der Waals surface area contributed by atoms with E-state index in [4.69, 9.17) is 0 Å². The summed E-state index contributed by atoms with van der Waals surface area (Å²) in [7, 11) is 0. The third-order valence-corrected chi connectivity index (χ3v) is 4.21. The Bertz CT molecular complexity index is 393. The molecule has 0 unspecified atom stereocenters. The maximum absolute atomic E-state index is 11.0. The predicted octanol–water partition coefficient (Wildman–Crippen LogP) is 1.71. The summed E-state index contributed by atoms with van der Waals surface area (Å²) in [5.41, 5.74) is 0.791. The summed E-state index contributed by atoms with van der Waals surface area (Å²) < 4.78 is 0. The van der Waals surface area contributed by atoms with Gasteiger partial charge in [0.05, 0.1) is 12.3 Å². The minimum atomic E-state index is -0.0858. The highest BCUT2D eigenvalue weighted by molar-refractivity contribution is 7.10. The second-order valence-electron chi connectivity index (χ2n) is 4.58. The number of carbonyl (C=O) groups excluding carboxylic acids is 1. The molecule has 1 aromatic heterocycles. The van der Waals surface area contributed by atoms with Crippen LogP contribution in [0.5, 0.6) is 0 Å². The fraction of sp³-hybridized carbons (Fsp3) is 0.583. The van der Waals surface area contributed by atoms with Crippen LogP contribution in [0.1, 0.15) is 31.1 Å². The van der Waals surface area contributed by atoms with Crippen molar-refractivity contribution in [3.63, 3.8) is 0 Å². The van der Waals surface area contributed by atoms with Crippen molar-refractivity contribution in [2.24, 2.45) is 0 Å². The van der Waals surface area contributed by atoms with E-state index in [0.29, 0.717) is 6.54 Å². The van der Waals surface area contributed by atoms with E-state index in [-0.39, 0.29) is 18.1 Å². The molecular weight excluding hydrogens is 236 g/mol. The van der Waals surface area contributed by atoms with Crippen LogP contribution < -0.4 is 10.6 Å². The topological polar surface area (TPSA) is 61.4 Å². The van der Waals surface area contributed by atoms with E-state index in [9.17, 15) is 9.90 Å². The summed E-state index contributed by atoms with van der Waals surface area (Å²) in [6.45, 7) is 2.40. The van der Waals surface area contributed by atoms with Crippen molar-refractivity contribution in [2.75, 3.05) is 11.9 Å². The highest BCUT2D eigenvalue weighted by atomic mass is 32.1. The number of nitrogens with one attached hydrogen (secondary N) is 2. The van der Waals surface area contributed by atoms with Gasteiger partial charge in [-0.25, -0.2) is 0 Å². The van der Waals surface area contributed by atoms with Crippen LogP contribution >= 0.6 is 11.3 Å². The van der Waals surface area contributed by atoms with Crippen LogP contribution in [0.25, 0.3) is 0 Å². The lowest BCUT2D eigenvalue weighted by Crippen LogP contribution is -2.53. The number of aliphatic hydroxyl groups excluding tert-OH is 1. The van der Waals surface area contributed by atoms with Gasteiger partial charge in [0.15, 0.2) is 0 Å². The van der Waals surface area contributed by atoms with Crippen LogP contribution in [-0.4, -0.2) is 23.2 Å². The molecule has 1 aliphatic rings. The van der Waals surface area contributed by atoms with Crippen LogP contribution in [0.4, 0.5) is 5.69 Å². The third-order valence-electron chi connectivity index (χ3n) is 3.29. The van der Waals surface area contributed by atoms with Crippen molar-refractivity contribution in [3.05, 3.63) is 16.3 Å². The average molecular weight is 254 g/mol. The van der Waals surface area contributed by atoms with Crippen LogP contribution in [0, 0.1) is 0 Å². The molecule has 0 aromatic carbocycles. The number of thiophene rings is 1. The zero-order chi connectivity index (χ0) is 12.3. The lowest BCUT2D eigenvalue weighted by atomic mass is 9.77. The number of rotatable bonds is 5. The fourth-order valence-electron chi connectivity index (χ4n) is 2.04. The monoisotopic (exact) mass is 254 g/mol. The van der Waals surface area contributed by atoms with Crippen LogP contribution in [0.3, 0.4) is 0 Å². The molecule has 3 N–H and O–H groups in total. The summed E-state index contributed by atoms with van der Waals surface area (Å²) in [5.74, 6) is -0.0508. The summed E-state index contributed by atoms with van der Waals surface area (Å²) in [6, 6.07) is 1.91. The maximum Gasteiger partial charge on any atom is 0.221 e. The van der Waals surface area contributed by atoms with Gasteiger partial charge in [-0.05, 0) is 30.7 Å². The summed E-state index contributed by atoms with van der Waals surface area (Å²) in [6.07, 6.45) is 3.24. The lowest BCUT2D eigenvalue weighted by molar-refractivity contribution is -0.114. The van der Waals surface area contributed by atoms with Crippen molar-refractivity contribution in [2.45, 2.75) is 38.3 Å². The molecule has 0 atom stereocenters. The number of aliphatic hydroxyl groups is 1. The molecule has 17 heavy (non-hydrogen) atoms. The molecule has 5 heteroatoms. The standard InChI is InChI=1S/C12H18N2O2S/c1-9(16)14-10-3-6-17-11(10)7-13-12(8-15)4-2-5-12/h3,6,13,15H,2,4-5,7-8H2,1H3,(H,14,16). The zero-order valence-corrected chi connectivity index (χ0v) is 10.8. The third kappa shape index (κ3) is 2.86. The number of hydrogen-bond donors (Lipinski definition) is 3. The van der Waals surface area contributed by atoms with E-state index < -0.39 is 0 Å². The normalized spacial score (nSPS) is 17.5. The van der Waals surface area contributed by atoms with Crippen molar-refractivity contribution < 1.29 is 9.90 Å². The maximum atomic E-state index is 11.0. The van der Waals surface area contributed by atoms with E-state index in [2.05, 4.69) is 10.6 Å². The first-order valence-electron chi connectivity index (χ1n) is 5.85. The predicted molar refractivity (Wildman–Crippen MR) is 69.1 cm³/mol. The van der Waals surface area contributed by atoms with Gasteiger partial charge in [0.25, 0.3) is 0 Å². The Hall–Kier alpha value is -0.910. The molecule has 0 bridgehead atoms. The molecule has 1 aliphatic carbocycles. The molecule has 1 saturated carbocycles. The van der Waals surface area contributed by atoms with Gasteiger partial charge in [-0.1, -0.05) is 0 Å². The van der Waals surface area contributed by atoms with Crippen molar-refractivity contribution in [1.82, 2.24) is 5.32 Å². The van der Waals surface area contributed by atoms with E-state index in [0.717, 1.165) is 23.4 Å². The Morgan fingerprint density at radius 1 is 1.59 bits per heavy atom. The fourth-order valence-corrected chi connectivity index (χ4v) is 2.81. The molecule has 0 saturated heterocycles. The average Bonchev–Trinajstić information content (AvgIpc) is 2.64. The van der Waals surface area contributed by atoms with Gasteiger partial charge in [-0.15, -0.1) is 11.3 Å². The molecule has 0 spiro atoms. The zero-order valence-electron chi connectivity index (χ0n) is 9.95. The minimum absolute atomic E-state index is 0.0508. The highest BCUT2D eigenvalue weighted by Gasteiger charge is 2.35. The number of anilines is 1. The molecule has 1 fully saturated rings. The number of hydrogen-bond acceptors (Lipinski definition) is 4. The molecule has 0 aliphatic heterocycles. The van der Waals surface area contributed by atoms with Crippen molar-refractivity contribution >= 4 is 22.9 Å². The quantitative estimate of drug-likeness (QED) is 0.749. The van der Waals surface area contributed by atoms with E-state index in [1.165, 1.54) is 13.3 Å². The second-order valence-corrected chi connectivity index (χ2v) is 5.58. The Morgan fingerprint density at radius 3 is 2.88 bits per heavy atom. The molecule has 0 radical (unpaired) electrons. The molecule has 2 rings (SSSR count). The smallest absolute Gasteiger partial charge is 0.221 e. The van der Waals surface area contributed by atoms with E-state index in [1.54, 1.807) is 11.3 Å². The van der Waals surface area contributed by atoms with Gasteiger partial charge >= 0.3 is 0 Å². The largest absolute Gasteiger partial charge is 0.394 e. The SMILES string of the molecule is CC(=O)Nc1ccsc1CNC1(CO)CCC1. The van der Waals surface area contributed by atoms with Gasteiger partial charge in [0, 0.05) is 23.9 Å². The van der Waals surface area contributed by atoms with Crippen LogP contribution in [0.15, 0.2) is 11.4 Å². The van der Waals surface area contributed by atoms with Gasteiger partial charge in [0.2, 0.25) is 5.91 Å². The Balaban J connectivity index is 1.94. The van der Waals surface area contributed by atoms with Gasteiger partial charge in [-0.2, -0.15) is 0 Å². The lowest BCUT2D eigenvalue weighted by Gasteiger charge is -2.41. The first-order chi connectivity index (χ1) is 8.15. The van der Waals surface area contributed by atoms with Gasteiger partial charge in [0.1, 0.15) is 0 Å². The first-order valence-corrected chi connectivity index (χ1v) is 6.73. The van der Waals surface area contributed by atoms with Crippen LogP contribution in [0.2, 0.25) is 0 Å². The molecule has 1 aromatic rings. The van der Waals surface area contributed by atoms with E-state index in [1.807, 2.05) is 11.4 Å². The Kier molecular flexibility index (Phi) is 3.81.